The van der Waals surface area contributed by atoms with E-state index in [0.717, 1.165) is 12.4 Å². The zero-order valence-electron chi connectivity index (χ0n) is 8.95. The summed E-state index contributed by atoms with van der Waals surface area (Å²) in [6.07, 6.45) is 12.7. The maximum Gasteiger partial charge on any atom is 0.199 e. The highest BCUT2D eigenvalue weighted by atomic mass is 15.3. The van der Waals surface area contributed by atoms with Crippen LogP contribution >= 0.6 is 0 Å². The zero-order valence-corrected chi connectivity index (χ0v) is 8.95. The van der Waals surface area contributed by atoms with Gasteiger partial charge in [0.2, 0.25) is 0 Å². The van der Waals surface area contributed by atoms with Crippen LogP contribution in [0.25, 0.3) is 0 Å². The maximum atomic E-state index is 4.24. The zero-order chi connectivity index (χ0) is 10.1. The summed E-state index contributed by atoms with van der Waals surface area (Å²) in [6.45, 7) is 1.16. The van der Waals surface area contributed by atoms with Crippen molar-refractivity contribution in [2.75, 3.05) is 11.4 Å². The molecule has 0 bridgehead atoms. The second kappa shape index (κ2) is 3.47. The summed E-state index contributed by atoms with van der Waals surface area (Å²) in [4.78, 5) is 10.6. The highest BCUT2D eigenvalue weighted by Crippen LogP contribution is 2.44. The number of rotatable bonds is 1. The van der Waals surface area contributed by atoms with Gasteiger partial charge in [-0.1, -0.05) is 19.3 Å². The van der Waals surface area contributed by atoms with Gasteiger partial charge in [-0.3, -0.25) is 0 Å². The minimum atomic E-state index is 0.445. The van der Waals surface area contributed by atoms with E-state index in [9.17, 15) is 0 Å². The molecule has 2 aliphatic rings. The molecule has 2 heterocycles. The molecule has 2 fully saturated rings. The van der Waals surface area contributed by atoms with Gasteiger partial charge in [0.25, 0.3) is 0 Å². The van der Waals surface area contributed by atoms with E-state index in [-0.39, 0.29) is 0 Å². The first-order valence-electron chi connectivity index (χ1n) is 5.88. The van der Waals surface area contributed by atoms with Crippen molar-refractivity contribution in [2.24, 2.45) is 0 Å². The molecule has 1 radical (unpaired) electrons. The Morgan fingerprint density at radius 1 is 1.20 bits per heavy atom. The van der Waals surface area contributed by atoms with E-state index < -0.39 is 0 Å². The number of hydrogen-bond donors (Lipinski definition) is 0. The first-order valence-corrected chi connectivity index (χ1v) is 5.88. The Labute approximate surface area is 90.5 Å². The molecule has 1 aliphatic carbocycles. The first-order chi connectivity index (χ1) is 7.41. The second-order valence-corrected chi connectivity index (χ2v) is 4.70. The summed E-state index contributed by atoms with van der Waals surface area (Å²) in [6, 6.07) is 2.01. The van der Waals surface area contributed by atoms with Crippen LogP contribution in [0, 0.1) is 6.33 Å². The van der Waals surface area contributed by atoms with E-state index in [2.05, 4.69) is 21.2 Å². The third-order valence-corrected chi connectivity index (χ3v) is 3.95. The molecule has 3 heteroatoms. The molecule has 3 nitrogen and oxygen atoms in total. The lowest BCUT2D eigenvalue weighted by atomic mass is 9.73. The van der Waals surface area contributed by atoms with Gasteiger partial charge < -0.3 is 4.90 Å². The van der Waals surface area contributed by atoms with E-state index in [1.54, 1.807) is 6.20 Å². The van der Waals surface area contributed by atoms with Crippen molar-refractivity contribution < 1.29 is 0 Å². The van der Waals surface area contributed by atoms with Gasteiger partial charge in [-0.15, -0.1) is 0 Å². The van der Waals surface area contributed by atoms with Crippen molar-refractivity contribution in [1.29, 1.82) is 0 Å². The summed E-state index contributed by atoms with van der Waals surface area (Å²) >= 11 is 0. The standard InChI is InChI=1S/C12H16N3/c1-2-5-12(6-3-1)7-9-15(12)11-4-8-13-10-14-11/h4,8H,1-3,5-7,9H2. The Morgan fingerprint density at radius 3 is 2.67 bits per heavy atom. The Kier molecular flexibility index (Phi) is 2.11. The minimum absolute atomic E-state index is 0.445. The highest BCUT2D eigenvalue weighted by molar-refractivity contribution is 5.45. The average Bonchev–Trinajstić information content (AvgIpc) is 2.30. The summed E-state index contributed by atoms with van der Waals surface area (Å²) in [5, 5.41) is 0. The van der Waals surface area contributed by atoms with Crippen LogP contribution < -0.4 is 4.90 Å². The summed E-state index contributed by atoms with van der Waals surface area (Å²) in [5.74, 6) is 1.07. The van der Waals surface area contributed by atoms with Gasteiger partial charge in [-0.2, -0.15) is 0 Å². The minimum Gasteiger partial charge on any atom is -0.351 e. The molecule has 0 amide bonds. The van der Waals surface area contributed by atoms with Gasteiger partial charge in [-0.25, -0.2) is 9.97 Å². The molecule has 1 spiro atoms. The molecule has 1 saturated heterocycles. The van der Waals surface area contributed by atoms with Crippen LogP contribution in [0.2, 0.25) is 0 Å². The number of anilines is 1. The van der Waals surface area contributed by atoms with Crippen LogP contribution in [0.4, 0.5) is 5.82 Å². The molecule has 15 heavy (non-hydrogen) atoms. The van der Waals surface area contributed by atoms with Crippen LogP contribution in [-0.4, -0.2) is 22.1 Å². The number of hydrogen-bond acceptors (Lipinski definition) is 3. The molecule has 0 aromatic carbocycles. The molecular formula is C12H16N3. The number of nitrogens with zero attached hydrogens (tertiary/aromatic N) is 3. The van der Waals surface area contributed by atoms with Gasteiger partial charge in [0.05, 0.1) is 0 Å². The van der Waals surface area contributed by atoms with Crippen molar-refractivity contribution in [2.45, 2.75) is 44.1 Å². The van der Waals surface area contributed by atoms with E-state index in [1.165, 1.54) is 38.5 Å². The van der Waals surface area contributed by atoms with E-state index in [1.807, 2.05) is 6.07 Å². The fourth-order valence-electron chi connectivity index (χ4n) is 3.03. The molecule has 1 aromatic rings. The maximum absolute atomic E-state index is 4.24. The van der Waals surface area contributed by atoms with E-state index in [4.69, 9.17) is 0 Å². The third-order valence-electron chi connectivity index (χ3n) is 3.95. The highest BCUT2D eigenvalue weighted by Gasteiger charge is 2.45. The molecule has 0 N–H and O–H groups in total. The van der Waals surface area contributed by atoms with Crippen molar-refractivity contribution in [3.63, 3.8) is 0 Å². The SMILES string of the molecule is [c]1nccc(N2CCC23CCCCC3)n1. The molecule has 79 valence electrons. The summed E-state index contributed by atoms with van der Waals surface area (Å²) in [7, 11) is 0. The second-order valence-electron chi connectivity index (χ2n) is 4.70. The Hall–Kier alpha value is -1.12. The van der Waals surface area contributed by atoms with Crippen LogP contribution in [-0.2, 0) is 0 Å². The van der Waals surface area contributed by atoms with Gasteiger partial charge in [0.15, 0.2) is 6.33 Å². The Morgan fingerprint density at radius 2 is 2.07 bits per heavy atom. The van der Waals surface area contributed by atoms with Gasteiger partial charge in [0.1, 0.15) is 5.82 Å². The Bertz CT molecular complexity index is 330. The predicted octanol–water partition coefficient (Wildman–Crippen LogP) is 2.19. The average molecular weight is 202 g/mol. The van der Waals surface area contributed by atoms with E-state index in [0.29, 0.717) is 5.54 Å². The predicted molar refractivity (Wildman–Crippen MR) is 58.6 cm³/mol. The van der Waals surface area contributed by atoms with Crippen LogP contribution in [0.1, 0.15) is 38.5 Å². The van der Waals surface area contributed by atoms with Crippen LogP contribution in [0.3, 0.4) is 0 Å². The Balaban J connectivity index is 1.83. The first kappa shape index (κ1) is 9.13. The smallest absolute Gasteiger partial charge is 0.199 e. The largest absolute Gasteiger partial charge is 0.351 e. The quantitative estimate of drug-likeness (QED) is 0.699. The van der Waals surface area contributed by atoms with Gasteiger partial charge in [-0.05, 0) is 25.3 Å². The topological polar surface area (TPSA) is 29.0 Å². The lowest BCUT2D eigenvalue weighted by Gasteiger charge is -2.55. The van der Waals surface area contributed by atoms with Crippen molar-refractivity contribution in [3.8, 4) is 0 Å². The molecule has 1 aliphatic heterocycles. The summed E-state index contributed by atoms with van der Waals surface area (Å²) < 4.78 is 0. The molecule has 0 unspecified atom stereocenters. The van der Waals surface area contributed by atoms with Gasteiger partial charge in [0, 0.05) is 18.3 Å². The molecule has 1 saturated carbocycles. The third kappa shape index (κ3) is 1.41. The lowest BCUT2D eigenvalue weighted by Crippen LogP contribution is -2.61. The van der Waals surface area contributed by atoms with E-state index >= 15 is 0 Å². The molecular weight excluding hydrogens is 186 g/mol. The molecule has 0 atom stereocenters. The van der Waals surface area contributed by atoms with Crippen LogP contribution in [0.5, 0.6) is 0 Å². The monoisotopic (exact) mass is 202 g/mol. The van der Waals surface area contributed by atoms with Gasteiger partial charge >= 0.3 is 0 Å². The van der Waals surface area contributed by atoms with Crippen molar-refractivity contribution in [1.82, 2.24) is 9.97 Å². The lowest BCUT2D eigenvalue weighted by molar-refractivity contribution is 0.194. The number of aromatic nitrogens is 2. The normalized spacial score (nSPS) is 23.9. The fourth-order valence-corrected chi connectivity index (χ4v) is 3.03. The molecule has 3 rings (SSSR count). The molecule has 1 aromatic heterocycles. The van der Waals surface area contributed by atoms with Crippen molar-refractivity contribution in [3.05, 3.63) is 18.6 Å². The summed E-state index contributed by atoms with van der Waals surface area (Å²) in [5.41, 5.74) is 0.445. The van der Waals surface area contributed by atoms with Crippen molar-refractivity contribution >= 4 is 5.82 Å². The fraction of sp³-hybridized carbons (Fsp3) is 0.667. The van der Waals surface area contributed by atoms with Crippen LogP contribution in [0.15, 0.2) is 12.3 Å².